The number of nitrogens with zero attached hydrogens (tertiary/aromatic N) is 4. The van der Waals surface area contributed by atoms with E-state index >= 15 is 0 Å². The van der Waals surface area contributed by atoms with E-state index in [4.69, 9.17) is 5.26 Å². The number of amides is 1. The Bertz CT molecular complexity index is 840. The van der Waals surface area contributed by atoms with Gasteiger partial charge in [0.2, 0.25) is 5.91 Å². The molecule has 0 aliphatic carbocycles. The number of aromatic nitrogens is 1. The first-order chi connectivity index (χ1) is 12.5. The topological polar surface area (TPSA) is 72.3 Å². The lowest BCUT2D eigenvalue weighted by Gasteiger charge is -2.35. The number of hydrogen-bond donors (Lipinski definition) is 1. The third kappa shape index (κ3) is 4.59. The molecule has 6 nitrogen and oxygen atoms in total. The van der Waals surface area contributed by atoms with Crippen LogP contribution in [0.25, 0.3) is 0 Å². The summed E-state index contributed by atoms with van der Waals surface area (Å²) in [7, 11) is 0. The number of hydrogen-bond acceptors (Lipinski definition) is 5. The van der Waals surface area contributed by atoms with Gasteiger partial charge in [0.15, 0.2) is 0 Å². The van der Waals surface area contributed by atoms with Crippen LogP contribution in [0.4, 0.5) is 11.5 Å². The molecule has 2 heterocycles. The molecule has 1 aromatic carbocycles. The Labute approximate surface area is 161 Å². The van der Waals surface area contributed by atoms with Gasteiger partial charge in [-0.05, 0) is 52.7 Å². The number of piperazine rings is 1. The number of anilines is 2. The van der Waals surface area contributed by atoms with Crippen molar-refractivity contribution in [3.63, 3.8) is 0 Å². The summed E-state index contributed by atoms with van der Waals surface area (Å²) >= 11 is 3.48. The maximum atomic E-state index is 12.3. The van der Waals surface area contributed by atoms with Crippen LogP contribution in [0.1, 0.15) is 11.1 Å². The fraction of sp³-hybridized carbons (Fsp3) is 0.316. The highest BCUT2D eigenvalue weighted by atomic mass is 79.9. The van der Waals surface area contributed by atoms with Gasteiger partial charge in [-0.25, -0.2) is 4.98 Å². The van der Waals surface area contributed by atoms with Crippen molar-refractivity contribution >= 4 is 33.3 Å². The molecule has 1 amide bonds. The van der Waals surface area contributed by atoms with E-state index < -0.39 is 0 Å². The second-order valence-corrected chi connectivity index (χ2v) is 7.16. The van der Waals surface area contributed by atoms with Gasteiger partial charge in [0.1, 0.15) is 5.82 Å². The van der Waals surface area contributed by atoms with Crippen LogP contribution < -0.4 is 10.2 Å². The van der Waals surface area contributed by atoms with Crippen LogP contribution in [-0.4, -0.2) is 48.5 Å². The molecule has 134 valence electrons. The number of rotatable bonds is 4. The van der Waals surface area contributed by atoms with Crippen molar-refractivity contribution in [1.82, 2.24) is 9.88 Å². The normalized spacial score (nSPS) is 14.7. The van der Waals surface area contributed by atoms with Crippen LogP contribution >= 0.6 is 15.9 Å². The fourth-order valence-electron chi connectivity index (χ4n) is 2.91. The second kappa shape index (κ2) is 8.30. The van der Waals surface area contributed by atoms with Gasteiger partial charge in [0, 0.05) is 36.8 Å². The van der Waals surface area contributed by atoms with Gasteiger partial charge >= 0.3 is 0 Å². The standard InChI is InChI=1S/C19H20BrN5O/c1-14-2-3-17(16(20)10-14)23-19(26)13-24-6-8-25(9-7-24)18-11-15(12-21)4-5-22-18/h2-5,10-11H,6-9,13H2,1H3,(H,23,26). The molecule has 0 atom stereocenters. The van der Waals surface area contributed by atoms with Crippen molar-refractivity contribution in [2.24, 2.45) is 0 Å². The number of benzene rings is 1. The molecule has 1 N–H and O–H groups in total. The molecule has 1 aliphatic rings. The molecule has 26 heavy (non-hydrogen) atoms. The zero-order valence-electron chi connectivity index (χ0n) is 14.6. The van der Waals surface area contributed by atoms with Gasteiger partial charge in [-0.2, -0.15) is 5.26 Å². The summed E-state index contributed by atoms with van der Waals surface area (Å²) in [4.78, 5) is 20.9. The lowest BCUT2D eigenvalue weighted by Crippen LogP contribution is -2.49. The lowest BCUT2D eigenvalue weighted by atomic mass is 10.2. The number of nitrogens with one attached hydrogen (secondary N) is 1. The second-order valence-electron chi connectivity index (χ2n) is 6.31. The first kappa shape index (κ1) is 18.4. The molecule has 0 radical (unpaired) electrons. The molecular weight excluding hydrogens is 394 g/mol. The predicted molar refractivity (Wildman–Crippen MR) is 105 cm³/mol. The summed E-state index contributed by atoms with van der Waals surface area (Å²) in [6.07, 6.45) is 1.66. The molecule has 0 saturated carbocycles. The summed E-state index contributed by atoms with van der Waals surface area (Å²) < 4.78 is 0.888. The highest BCUT2D eigenvalue weighted by molar-refractivity contribution is 9.10. The lowest BCUT2D eigenvalue weighted by molar-refractivity contribution is -0.117. The van der Waals surface area contributed by atoms with E-state index in [2.05, 4.69) is 42.1 Å². The molecule has 1 aromatic heterocycles. The van der Waals surface area contributed by atoms with Crippen molar-refractivity contribution in [2.75, 3.05) is 42.9 Å². The third-order valence-electron chi connectivity index (χ3n) is 4.34. The van der Waals surface area contributed by atoms with Crippen LogP contribution in [0.5, 0.6) is 0 Å². The molecule has 0 bridgehead atoms. The van der Waals surface area contributed by atoms with Crippen molar-refractivity contribution < 1.29 is 4.79 Å². The highest BCUT2D eigenvalue weighted by Gasteiger charge is 2.20. The maximum Gasteiger partial charge on any atom is 0.238 e. The largest absolute Gasteiger partial charge is 0.354 e. The van der Waals surface area contributed by atoms with Gasteiger partial charge in [-0.3, -0.25) is 9.69 Å². The van der Waals surface area contributed by atoms with Crippen molar-refractivity contribution in [3.05, 3.63) is 52.1 Å². The minimum Gasteiger partial charge on any atom is -0.354 e. The van der Waals surface area contributed by atoms with Gasteiger partial charge in [-0.15, -0.1) is 0 Å². The van der Waals surface area contributed by atoms with E-state index in [-0.39, 0.29) is 5.91 Å². The number of carbonyl (C=O) groups excluding carboxylic acids is 1. The summed E-state index contributed by atoms with van der Waals surface area (Å²) in [5, 5.41) is 12.0. The number of aryl methyl sites for hydroxylation is 1. The molecule has 0 spiro atoms. The average Bonchev–Trinajstić information content (AvgIpc) is 2.65. The molecule has 1 aliphatic heterocycles. The van der Waals surface area contributed by atoms with E-state index in [0.717, 1.165) is 47.7 Å². The van der Waals surface area contributed by atoms with Crippen LogP contribution in [0.3, 0.4) is 0 Å². The molecule has 7 heteroatoms. The van der Waals surface area contributed by atoms with Crippen molar-refractivity contribution in [2.45, 2.75) is 6.92 Å². The summed E-state index contributed by atoms with van der Waals surface area (Å²) in [5.41, 5.74) is 2.54. The molecular formula is C19H20BrN5O. The van der Waals surface area contributed by atoms with Crippen LogP contribution in [-0.2, 0) is 4.79 Å². The van der Waals surface area contributed by atoms with Gasteiger partial charge in [-0.1, -0.05) is 6.07 Å². The van der Waals surface area contributed by atoms with E-state index in [1.54, 1.807) is 18.3 Å². The number of carbonyl (C=O) groups is 1. The smallest absolute Gasteiger partial charge is 0.238 e. The van der Waals surface area contributed by atoms with E-state index in [9.17, 15) is 4.79 Å². The number of pyridine rings is 1. The summed E-state index contributed by atoms with van der Waals surface area (Å²) in [5.74, 6) is 0.796. The number of halogens is 1. The molecule has 1 fully saturated rings. The molecule has 2 aromatic rings. The van der Waals surface area contributed by atoms with E-state index in [1.807, 2.05) is 25.1 Å². The SMILES string of the molecule is Cc1ccc(NC(=O)CN2CCN(c3cc(C#N)ccn3)CC2)c(Br)c1. The Morgan fingerprint density at radius 2 is 2.04 bits per heavy atom. The zero-order valence-corrected chi connectivity index (χ0v) is 16.2. The Morgan fingerprint density at radius 3 is 2.73 bits per heavy atom. The maximum absolute atomic E-state index is 12.3. The van der Waals surface area contributed by atoms with Crippen LogP contribution in [0.2, 0.25) is 0 Å². The summed E-state index contributed by atoms with van der Waals surface area (Å²) in [6, 6.07) is 11.5. The first-order valence-electron chi connectivity index (χ1n) is 8.44. The van der Waals surface area contributed by atoms with Crippen LogP contribution in [0, 0.1) is 18.3 Å². The Balaban J connectivity index is 1.52. The third-order valence-corrected chi connectivity index (χ3v) is 4.99. The van der Waals surface area contributed by atoms with Gasteiger partial charge in [0.05, 0.1) is 23.9 Å². The minimum absolute atomic E-state index is 0.0207. The Morgan fingerprint density at radius 1 is 1.27 bits per heavy atom. The van der Waals surface area contributed by atoms with E-state index in [1.165, 1.54) is 0 Å². The molecule has 0 unspecified atom stereocenters. The van der Waals surface area contributed by atoms with Crippen molar-refractivity contribution in [1.29, 1.82) is 5.26 Å². The first-order valence-corrected chi connectivity index (χ1v) is 9.24. The zero-order chi connectivity index (χ0) is 18.5. The molecule has 1 saturated heterocycles. The minimum atomic E-state index is -0.0207. The van der Waals surface area contributed by atoms with Gasteiger partial charge < -0.3 is 10.2 Å². The van der Waals surface area contributed by atoms with Gasteiger partial charge in [0.25, 0.3) is 0 Å². The quantitative estimate of drug-likeness (QED) is 0.833. The fourth-order valence-corrected chi connectivity index (χ4v) is 3.50. The monoisotopic (exact) mass is 413 g/mol. The highest BCUT2D eigenvalue weighted by Crippen LogP contribution is 2.23. The molecule has 3 rings (SSSR count). The predicted octanol–water partition coefficient (Wildman–Crippen LogP) is 2.78. The van der Waals surface area contributed by atoms with E-state index in [0.29, 0.717) is 12.1 Å². The average molecular weight is 414 g/mol. The van der Waals surface area contributed by atoms with Crippen LogP contribution in [0.15, 0.2) is 41.0 Å². The van der Waals surface area contributed by atoms with Crippen molar-refractivity contribution in [3.8, 4) is 6.07 Å². The summed E-state index contributed by atoms with van der Waals surface area (Å²) in [6.45, 7) is 5.49. The Hall–Kier alpha value is -2.43. The Kier molecular flexibility index (Phi) is 5.86. The number of nitriles is 1.